The molecule has 0 bridgehead atoms. The lowest BCUT2D eigenvalue weighted by Gasteiger charge is -2.15. The van der Waals surface area contributed by atoms with Crippen molar-refractivity contribution in [3.8, 4) is 0 Å². The van der Waals surface area contributed by atoms with Crippen LogP contribution in [0.5, 0.6) is 0 Å². The molecule has 0 radical (unpaired) electrons. The molecule has 0 aromatic heterocycles. The first kappa shape index (κ1) is 12.3. The highest BCUT2D eigenvalue weighted by atomic mass is 16.5. The van der Waals surface area contributed by atoms with Crippen molar-refractivity contribution in [1.82, 2.24) is 10.2 Å². The fraction of sp³-hybridized carbons (Fsp3) is 1.00. The van der Waals surface area contributed by atoms with Gasteiger partial charge in [0, 0.05) is 38.3 Å². The Morgan fingerprint density at radius 3 is 2.88 bits per heavy atom. The number of rotatable bonds is 8. The van der Waals surface area contributed by atoms with E-state index in [2.05, 4.69) is 17.1 Å². The summed E-state index contributed by atoms with van der Waals surface area (Å²) in [5.74, 6) is 0. The maximum absolute atomic E-state index is 5.54. The van der Waals surface area contributed by atoms with Crippen molar-refractivity contribution in [3.05, 3.63) is 0 Å². The highest BCUT2D eigenvalue weighted by molar-refractivity contribution is 4.91. The lowest BCUT2D eigenvalue weighted by atomic mass is 10.3. The van der Waals surface area contributed by atoms with E-state index in [9.17, 15) is 0 Å². The number of hydrogen-bond donors (Lipinski definition) is 1. The molecule has 0 spiro atoms. The Kier molecular flexibility index (Phi) is 5.07. The molecular formula is C13H26N2O. The van der Waals surface area contributed by atoms with Crippen LogP contribution in [0.15, 0.2) is 0 Å². The van der Waals surface area contributed by atoms with Crippen LogP contribution in [-0.2, 0) is 4.74 Å². The molecule has 2 rings (SSSR count). The van der Waals surface area contributed by atoms with Crippen molar-refractivity contribution in [3.63, 3.8) is 0 Å². The number of likely N-dealkylation sites (tertiary alicyclic amines) is 1. The van der Waals surface area contributed by atoms with Gasteiger partial charge in [0.2, 0.25) is 0 Å². The first-order valence-electron chi connectivity index (χ1n) is 6.95. The normalized spacial score (nSPS) is 26.4. The molecule has 1 N–H and O–H groups in total. The summed E-state index contributed by atoms with van der Waals surface area (Å²) in [5, 5.41) is 3.60. The Hall–Kier alpha value is -0.120. The molecule has 2 aliphatic rings. The van der Waals surface area contributed by atoms with Gasteiger partial charge in [-0.1, -0.05) is 13.3 Å². The maximum atomic E-state index is 5.54. The molecule has 0 aromatic rings. The van der Waals surface area contributed by atoms with Gasteiger partial charge in [-0.15, -0.1) is 0 Å². The summed E-state index contributed by atoms with van der Waals surface area (Å²) < 4.78 is 5.54. The standard InChI is InChI=1S/C13H26N2O/c1-2-3-9-16-10-7-14-12-6-8-15(11-12)13-4-5-13/h12-14H,2-11H2,1H3. The molecule has 1 atom stereocenters. The quantitative estimate of drug-likeness (QED) is 0.637. The topological polar surface area (TPSA) is 24.5 Å². The Morgan fingerprint density at radius 1 is 1.25 bits per heavy atom. The summed E-state index contributed by atoms with van der Waals surface area (Å²) >= 11 is 0. The van der Waals surface area contributed by atoms with Crippen molar-refractivity contribution in [2.24, 2.45) is 0 Å². The van der Waals surface area contributed by atoms with Crippen LogP contribution in [0.4, 0.5) is 0 Å². The van der Waals surface area contributed by atoms with E-state index in [0.717, 1.165) is 31.8 Å². The molecule has 1 unspecified atom stereocenters. The van der Waals surface area contributed by atoms with Gasteiger partial charge in [-0.05, 0) is 25.7 Å². The number of nitrogens with zero attached hydrogens (tertiary/aromatic N) is 1. The first-order valence-corrected chi connectivity index (χ1v) is 6.95. The van der Waals surface area contributed by atoms with Gasteiger partial charge in [0.15, 0.2) is 0 Å². The van der Waals surface area contributed by atoms with Crippen molar-refractivity contribution in [1.29, 1.82) is 0 Å². The Bertz CT molecular complexity index is 194. The summed E-state index contributed by atoms with van der Waals surface area (Å²) in [6.45, 7) is 7.59. The summed E-state index contributed by atoms with van der Waals surface area (Å²) in [7, 11) is 0. The van der Waals surface area contributed by atoms with Crippen LogP contribution >= 0.6 is 0 Å². The third-order valence-corrected chi connectivity index (χ3v) is 3.60. The molecule has 0 aromatic carbocycles. The summed E-state index contributed by atoms with van der Waals surface area (Å²) in [6.07, 6.45) is 6.62. The summed E-state index contributed by atoms with van der Waals surface area (Å²) in [6, 6.07) is 1.66. The zero-order valence-electron chi connectivity index (χ0n) is 10.6. The lowest BCUT2D eigenvalue weighted by molar-refractivity contribution is 0.131. The number of nitrogens with one attached hydrogen (secondary N) is 1. The van der Waals surface area contributed by atoms with Crippen molar-refractivity contribution < 1.29 is 4.74 Å². The maximum Gasteiger partial charge on any atom is 0.0591 e. The van der Waals surface area contributed by atoms with E-state index in [1.807, 2.05) is 0 Å². The van der Waals surface area contributed by atoms with Gasteiger partial charge in [-0.25, -0.2) is 0 Å². The first-order chi connectivity index (χ1) is 7.90. The van der Waals surface area contributed by atoms with Gasteiger partial charge in [-0.3, -0.25) is 4.90 Å². The highest BCUT2D eigenvalue weighted by Gasteiger charge is 2.33. The molecule has 2 fully saturated rings. The molecule has 0 amide bonds. The van der Waals surface area contributed by atoms with Crippen LogP contribution in [0, 0.1) is 0 Å². The largest absolute Gasteiger partial charge is 0.380 e. The minimum atomic E-state index is 0.718. The minimum absolute atomic E-state index is 0.718. The molecule has 3 heteroatoms. The van der Waals surface area contributed by atoms with Gasteiger partial charge in [0.05, 0.1) is 6.61 Å². The van der Waals surface area contributed by atoms with E-state index < -0.39 is 0 Å². The minimum Gasteiger partial charge on any atom is -0.380 e. The van der Waals surface area contributed by atoms with Crippen LogP contribution in [0.2, 0.25) is 0 Å². The number of unbranched alkanes of at least 4 members (excludes halogenated alkanes) is 1. The van der Waals surface area contributed by atoms with E-state index in [1.165, 1.54) is 45.2 Å². The molecule has 94 valence electrons. The predicted octanol–water partition coefficient (Wildman–Crippen LogP) is 1.63. The van der Waals surface area contributed by atoms with Crippen LogP contribution in [0.25, 0.3) is 0 Å². The fourth-order valence-electron chi connectivity index (χ4n) is 2.41. The molecule has 1 aliphatic carbocycles. The average Bonchev–Trinajstić information content (AvgIpc) is 3.04. The molecule has 1 saturated carbocycles. The van der Waals surface area contributed by atoms with E-state index in [-0.39, 0.29) is 0 Å². The van der Waals surface area contributed by atoms with Crippen LogP contribution in [0.3, 0.4) is 0 Å². The lowest BCUT2D eigenvalue weighted by Crippen LogP contribution is -2.35. The molecule has 3 nitrogen and oxygen atoms in total. The zero-order chi connectivity index (χ0) is 11.2. The monoisotopic (exact) mass is 226 g/mol. The van der Waals surface area contributed by atoms with Gasteiger partial charge in [-0.2, -0.15) is 0 Å². The third kappa shape index (κ3) is 4.04. The number of ether oxygens (including phenoxy) is 1. The van der Waals surface area contributed by atoms with Crippen LogP contribution in [-0.4, -0.2) is 49.8 Å². The Morgan fingerprint density at radius 2 is 2.12 bits per heavy atom. The van der Waals surface area contributed by atoms with Crippen molar-refractivity contribution >= 4 is 0 Å². The Balaban J connectivity index is 1.44. The highest BCUT2D eigenvalue weighted by Crippen LogP contribution is 2.29. The van der Waals surface area contributed by atoms with E-state index >= 15 is 0 Å². The SMILES string of the molecule is CCCCOCCNC1CCN(C2CC2)C1. The van der Waals surface area contributed by atoms with Gasteiger partial charge in [0.25, 0.3) is 0 Å². The van der Waals surface area contributed by atoms with E-state index in [4.69, 9.17) is 4.74 Å². The molecular weight excluding hydrogens is 200 g/mol. The van der Waals surface area contributed by atoms with Crippen LogP contribution < -0.4 is 5.32 Å². The smallest absolute Gasteiger partial charge is 0.0591 e. The zero-order valence-corrected chi connectivity index (χ0v) is 10.6. The molecule has 1 heterocycles. The van der Waals surface area contributed by atoms with Gasteiger partial charge < -0.3 is 10.1 Å². The van der Waals surface area contributed by atoms with Gasteiger partial charge in [0.1, 0.15) is 0 Å². The second-order valence-corrected chi connectivity index (χ2v) is 5.13. The molecule has 16 heavy (non-hydrogen) atoms. The second-order valence-electron chi connectivity index (χ2n) is 5.13. The second kappa shape index (κ2) is 6.58. The third-order valence-electron chi connectivity index (χ3n) is 3.60. The van der Waals surface area contributed by atoms with Gasteiger partial charge >= 0.3 is 0 Å². The summed E-state index contributed by atoms with van der Waals surface area (Å²) in [5.41, 5.74) is 0. The van der Waals surface area contributed by atoms with Crippen molar-refractivity contribution in [2.75, 3.05) is 32.8 Å². The predicted molar refractivity (Wildman–Crippen MR) is 66.7 cm³/mol. The summed E-state index contributed by atoms with van der Waals surface area (Å²) in [4.78, 5) is 2.65. The number of hydrogen-bond acceptors (Lipinski definition) is 3. The van der Waals surface area contributed by atoms with Crippen LogP contribution in [0.1, 0.15) is 39.0 Å². The van der Waals surface area contributed by atoms with Crippen molar-refractivity contribution in [2.45, 2.75) is 51.1 Å². The van der Waals surface area contributed by atoms with E-state index in [0.29, 0.717) is 0 Å². The average molecular weight is 226 g/mol. The fourth-order valence-corrected chi connectivity index (χ4v) is 2.41. The van der Waals surface area contributed by atoms with E-state index in [1.54, 1.807) is 0 Å². The Labute approximate surface area is 99.5 Å². The molecule has 1 saturated heterocycles. The molecule has 1 aliphatic heterocycles.